The van der Waals surface area contributed by atoms with E-state index in [9.17, 15) is 0 Å². The smallest absolute Gasteiger partial charge is 0.00201 e. The lowest BCUT2D eigenvalue weighted by atomic mass is 9.84. The number of hydrogen-bond acceptors (Lipinski definition) is 0. The maximum absolute atomic E-state index is 2.41. The van der Waals surface area contributed by atoms with Crippen LogP contribution in [0.3, 0.4) is 0 Å². The summed E-state index contributed by atoms with van der Waals surface area (Å²) in [5.74, 6) is 0. The van der Waals surface area contributed by atoms with Crippen molar-refractivity contribution in [3.8, 4) is 33.4 Å². The van der Waals surface area contributed by atoms with Gasteiger partial charge in [0.25, 0.3) is 0 Å². The average Bonchev–Trinajstić information content (AvgIpc) is 3.22. The molecule has 0 amide bonds. The minimum absolute atomic E-state index is 1.23. The Morgan fingerprint density at radius 3 is 1.29 bits per heavy atom. The highest BCUT2D eigenvalue weighted by Gasteiger charge is 2.18. The van der Waals surface area contributed by atoms with Crippen LogP contribution in [0.1, 0.15) is 0 Å². The molecule has 0 aliphatic rings. The van der Waals surface area contributed by atoms with Crippen molar-refractivity contribution < 1.29 is 0 Å². The van der Waals surface area contributed by atoms with E-state index in [0.29, 0.717) is 0 Å². The van der Waals surface area contributed by atoms with Crippen LogP contribution in [0.4, 0.5) is 0 Å². The number of fused-ring (bicyclic) bond motifs is 10. The predicted octanol–water partition coefficient (Wildman–Crippen LogP) is 14.8. The minimum atomic E-state index is 1.23. The second-order valence-corrected chi connectivity index (χ2v) is 14.0. The lowest BCUT2D eigenvalue weighted by Crippen LogP contribution is -1.92. The van der Waals surface area contributed by atoms with Gasteiger partial charge in [0.2, 0.25) is 0 Å². The molecule has 0 heterocycles. The van der Waals surface area contributed by atoms with Crippen LogP contribution in [-0.4, -0.2) is 0 Å². The van der Waals surface area contributed by atoms with Crippen molar-refractivity contribution in [2.75, 3.05) is 0 Å². The zero-order valence-corrected chi connectivity index (χ0v) is 28.5. The van der Waals surface area contributed by atoms with Crippen LogP contribution < -0.4 is 0 Å². The van der Waals surface area contributed by atoms with Crippen molar-refractivity contribution in [3.05, 3.63) is 194 Å². The zero-order chi connectivity index (χ0) is 34.2. The molecule has 0 saturated heterocycles. The van der Waals surface area contributed by atoms with E-state index in [1.165, 1.54) is 109 Å². The normalized spacial score (nSPS) is 11.8. The fourth-order valence-electron chi connectivity index (χ4n) is 8.94. The van der Waals surface area contributed by atoms with Crippen LogP contribution in [-0.2, 0) is 0 Å². The lowest BCUT2D eigenvalue weighted by Gasteiger charge is -2.19. The molecule has 52 heavy (non-hydrogen) atoms. The molecule has 0 fully saturated rings. The number of benzene rings is 11. The predicted molar refractivity (Wildman–Crippen MR) is 225 cm³/mol. The second kappa shape index (κ2) is 11.4. The third kappa shape index (κ3) is 4.28. The molecule has 0 nitrogen and oxygen atoms in total. The summed E-state index contributed by atoms with van der Waals surface area (Å²) in [7, 11) is 0. The molecule has 0 aliphatic heterocycles. The standard InChI is InChI=1S/C52H32/c1-2-15-38-34(13-1)14-11-25-43(38)52-48-22-9-7-20-46(48)50(47-21-8-10-23-49(47)52)36-30-28-33-27-29-35(31-37(33)32-36)39-24-12-26-45-42-17-4-3-16-40(42)41-18-5-6-19-44(41)51(39)45/h1-32H. The van der Waals surface area contributed by atoms with Crippen LogP contribution in [0, 0.1) is 0 Å². The average molecular weight is 657 g/mol. The summed E-state index contributed by atoms with van der Waals surface area (Å²) in [6.45, 7) is 0. The summed E-state index contributed by atoms with van der Waals surface area (Å²) in [4.78, 5) is 0. The first-order valence-electron chi connectivity index (χ1n) is 18.1. The monoisotopic (exact) mass is 656 g/mol. The Labute approximate surface area is 301 Å². The molecule has 0 atom stereocenters. The van der Waals surface area contributed by atoms with Gasteiger partial charge in [0.1, 0.15) is 0 Å². The Kier molecular flexibility index (Phi) is 6.35. The van der Waals surface area contributed by atoms with Crippen molar-refractivity contribution in [1.82, 2.24) is 0 Å². The number of rotatable bonds is 3. The molecule has 11 aromatic carbocycles. The Bertz CT molecular complexity index is 3130. The van der Waals surface area contributed by atoms with Gasteiger partial charge in [-0.2, -0.15) is 0 Å². The maximum Gasteiger partial charge on any atom is -0.00201 e. The highest BCUT2D eigenvalue weighted by Crippen LogP contribution is 2.46. The first-order chi connectivity index (χ1) is 25.8. The van der Waals surface area contributed by atoms with Gasteiger partial charge in [-0.15, -0.1) is 0 Å². The lowest BCUT2D eigenvalue weighted by molar-refractivity contribution is 1.67. The van der Waals surface area contributed by atoms with E-state index in [1.54, 1.807) is 0 Å². The molecule has 11 aromatic rings. The zero-order valence-electron chi connectivity index (χ0n) is 28.5. The third-order valence-electron chi connectivity index (χ3n) is 11.2. The van der Waals surface area contributed by atoms with E-state index in [2.05, 4.69) is 194 Å². The van der Waals surface area contributed by atoms with E-state index in [0.717, 1.165) is 0 Å². The Morgan fingerprint density at radius 2 is 0.635 bits per heavy atom. The quantitative estimate of drug-likeness (QED) is 0.131. The van der Waals surface area contributed by atoms with Gasteiger partial charge in [0.15, 0.2) is 0 Å². The summed E-state index contributed by atoms with van der Waals surface area (Å²) in [6, 6.07) is 71.8. The third-order valence-corrected chi connectivity index (χ3v) is 11.2. The molecule has 0 saturated carbocycles. The molecule has 0 N–H and O–H groups in total. The van der Waals surface area contributed by atoms with Crippen LogP contribution in [0.2, 0.25) is 0 Å². The Balaban J connectivity index is 1.16. The summed E-state index contributed by atoms with van der Waals surface area (Å²) in [6.07, 6.45) is 0. The minimum Gasteiger partial charge on any atom is -0.0616 e. The van der Waals surface area contributed by atoms with Gasteiger partial charge in [-0.3, -0.25) is 0 Å². The van der Waals surface area contributed by atoms with Gasteiger partial charge in [0.05, 0.1) is 0 Å². The summed E-state index contributed by atoms with van der Waals surface area (Å²) in [5.41, 5.74) is 7.58. The van der Waals surface area contributed by atoms with E-state index in [4.69, 9.17) is 0 Å². The van der Waals surface area contributed by atoms with Crippen LogP contribution in [0.25, 0.3) is 109 Å². The highest BCUT2D eigenvalue weighted by atomic mass is 14.2. The van der Waals surface area contributed by atoms with Crippen LogP contribution in [0.15, 0.2) is 194 Å². The van der Waals surface area contributed by atoms with Gasteiger partial charge in [-0.05, 0) is 121 Å². The fourth-order valence-corrected chi connectivity index (χ4v) is 8.94. The van der Waals surface area contributed by atoms with E-state index in [1.807, 2.05) is 0 Å². The molecule has 0 aromatic heterocycles. The van der Waals surface area contributed by atoms with Crippen LogP contribution in [0.5, 0.6) is 0 Å². The Morgan fingerprint density at radius 1 is 0.212 bits per heavy atom. The first-order valence-corrected chi connectivity index (χ1v) is 18.1. The van der Waals surface area contributed by atoms with Crippen molar-refractivity contribution in [2.24, 2.45) is 0 Å². The van der Waals surface area contributed by atoms with Crippen molar-refractivity contribution in [2.45, 2.75) is 0 Å². The SMILES string of the molecule is c1ccc2c(-c3c4ccccc4c(-c4ccc5ccc(-c6cccc7c8ccccc8c8ccccc8c67)cc5c4)c4ccccc34)cccc2c1. The number of hydrogen-bond donors (Lipinski definition) is 0. The van der Waals surface area contributed by atoms with Gasteiger partial charge >= 0.3 is 0 Å². The molecule has 0 aliphatic carbocycles. The molecule has 0 bridgehead atoms. The summed E-state index contributed by atoms with van der Waals surface area (Å²) in [5, 5.41) is 17.9. The molecule has 11 rings (SSSR count). The van der Waals surface area contributed by atoms with Crippen molar-refractivity contribution in [3.63, 3.8) is 0 Å². The second-order valence-electron chi connectivity index (χ2n) is 14.0. The molecule has 0 heteroatoms. The molecule has 0 radical (unpaired) electrons. The maximum atomic E-state index is 2.41. The van der Waals surface area contributed by atoms with E-state index in [-0.39, 0.29) is 0 Å². The van der Waals surface area contributed by atoms with E-state index < -0.39 is 0 Å². The highest BCUT2D eigenvalue weighted by molar-refractivity contribution is 6.29. The van der Waals surface area contributed by atoms with Gasteiger partial charge < -0.3 is 0 Å². The van der Waals surface area contributed by atoms with Gasteiger partial charge in [-0.1, -0.05) is 182 Å². The summed E-state index contributed by atoms with van der Waals surface area (Å²) < 4.78 is 0. The summed E-state index contributed by atoms with van der Waals surface area (Å²) >= 11 is 0. The molecular weight excluding hydrogens is 625 g/mol. The van der Waals surface area contributed by atoms with Crippen molar-refractivity contribution in [1.29, 1.82) is 0 Å². The van der Waals surface area contributed by atoms with Crippen molar-refractivity contribution >= 4 is 75.4 Å². The molecule has 240 valence electrons. The first kappa shape index (κ1) is 29.0. The molecule has 0 unspecified atom stereocenters. The molecular formula is C52H32. The van der Waals surface area contributed by atoms with E-state index >= 15 is 0 Å². The molecule has 0 spiro atoms. The van der Waals surface area contributed by atoms with Gasteiger partial charge in [0, 0.05) is 0 Å². The van der Waals surface area contributed by atoms with Gasteiger partial charge in [-0.25, -0.2) is 0 Å². The Hall–Kier alpha value is -6.76. The van der Waals surface area contributed by atoms with Crippen LogP contribution >= 0.6 is 0 Å². The topological polar surface area (TPSA) is 0 Å². The largest absolute Gasteiger partial charge is 0.0616 e. The fraction of sp³-hybridized carbons (Fsp3) is 0.